The Morgan fingerprint density at radius 3 is 2.47 bits per heavy atom. The summed E-state index contributed by atoms with van der Waals surface area (Å²) in [6.07, 6.45) is 1.83. The summed E-state index contributed by atoms with van der Waals surface area (Å²) >= 11 is 11.1. The van der Waals surface area contributed by atoms with E-state index < -0.39 is 0 Å². The Morgan fingerprint density at radius 2 is 2.00 bits per heavy atom. The summed E-state index contributed by atoms with van der Waals surface area (Å²) in [5.41, 5.74) is 0.139. The van der Waals surface area contributed by atoms with E-state index in [0.717, 1.165) is 10.2 Å². The molecule has 1 aromatic rings. The van der Waals surface area contributed by atoms with Crippen molar-refractivity contribution >= 4 is 44.5 Å². The Kier molecular flexibility index (Phi) is 5.35. The summed E-state index contributed by atoms with van der Waals surface area (Å²) in [5, 5.41) is 0. The number of hydrogen-bond acceptors (Lipinski definition) is 2. The molecule has 0 amide bonds. The molecule has 0 radical (unpaired) electrons. The first kappa shape index (κ1) is 15.3. The molecule has 1 unspecified atom stereocenters. The first-order chi connectivity index (χ1) is 7.75. The standard InChI is InChI=1S/C12H17Br2NOS/c1-12(2,3)8(7-17)5-15-6-9(13)4-10(14)11(15)16/h4,6,8,17H,5,7H2,1-3H3. The second-order valence-corrected chi connectivity index (χ2v) is 7.34. The minimum Gasteiger partial charge on any atom is -0.313 e. The second kappa shape index (κ2) is 5.93. The summed E-state index contributed by atoms with van der Waals surface area (Å²) in [4.78, 5) is 12.0. The van der Waals surface area contributed by atoms with E-state index in [1.54, 1.807) is 10.6 Å². The van der Waals surface area contributed by atoms with E-state index in [0.29, 0.717) is 16.9 Å². The van der Waals surface area contributed by atoms with Gasteiger partial charge in [-0.3, -0.25) is 4.79 Å². The highest BCUT2D eigenvalue weighted by Gasteiger charge is 2.24. The lowest BCUT2D eigenvalue weighted by Crippen LogP contribution is -2.31. The molecular weight excluding hydrogens is 366 g/mol. The molecule has 0 aromatic carbocycles. The molecule has 0 fully saturated rings. The van der Waals surface area contributed by atoms with Gasteiger partial charge < -0.3 is 4.57 Å². The van der Waals surface area contributed by atoms with Crippen molar-refractivity contribution in [3.63, 3.8) is 0 Å². The number of pyridine rings is 1. The SMILES string of the molecule is CC(C)(C)C(CS)Cn1cc(Br)cc(Br)c1=O. The lowest BCUT2D eigenvalue weighted by Gasteiger charge is -2.30. The minimum atomic E-state index is 0.00392. The van der Waals surface area contributed by atoms with E-state index >= 15 is 0 Å². The van der Waals surface area contributed by atoms with Crippen LogP contribution in [0.4, 0.5) is 0 Å². The van der Waals surface area contributed by atoms with Crippen LogP contribution in [0.1, 0.15) is 20.8 Å². The largest absolute Gasteiger partial charge is 0.313 e. The van der Waals surface area contributed by atoms with E-state index in [1.807, 2.05) is 6.20 Å². The van der Waals surface area contributed by atoms with Crippen LogP contribution < -0.4 is 5.56 Å². The van der Waals surface area contributed by atoms with Gasteiger partial charge in [0.25, 0.3) is 5.56 Å². The van der Waals surface area contributed by atoms with Crippen molar-refractivity contribution in [3.8, 4) is 0 Å². The lowest BCUT2D eigenvalue weighted by molar-refractivity contribution is 0.236. The molecule has 0 bridgehead atoms. The molecular formula is C12H17Br2NOS. The molecule has 0 aliphatic carbocycles. The topological polar surface area (TPSA) is 22.0 Å². The number of rotatable bonds is 3. The van der Waals surface area contributed by atoms with Crippen LogP contribution >= 0.6 is 44.5 Å². The Morgan fingerprint density at radius 1 is 1.41 bits per heavy atom. The van der Waals surface area contributed by atoms with Crippen LogP contribution in [-0.2, 0) is 6.54 Å². The van der Waals surface area contributed by atoms with Gasteiger partial charge in [0.05, 0.1) is 4.47 Å². The fourth-order valence-electron chi connectivity index (χ4n) is 1.54. The van der Waals surface area contributed by atoms with Crippen molar-refractivity contribution in [3.05, 3.63) is 31.6 Å². The maximum atomic E-state index is 12.0. The van der Waals surface area contributed by atoms with Crippen LogP contribution in [0.3, 0.4) is 0 Å². The number of thiol groups is 1. The van der Waals surface area contributed by atoms with Crippen LogP contribution in [0.25, 0.3) is 0 Å². The highest BCUT2D eigenvalue weighted by molar-refractivity contribution is 9.11. The van der Waals surface area contributed by atoms with E-state index in [9.17, 15) is 4.79 Å². The van der Waals surface area contributed by atoms with E-state index in [2.05, 4.69) is 65.3 Å². The van der Waals surface area contributed by atoms with Crippen molar-refractivity contribution in [1.29, 1.82) is 0 Å². The molecule has 96 valence electrons. The molecule has 0 aliphatic heterocycles. The second-order valence-electron chi connectivity index (χ2n) is 5.21. The van der Waals surface area contributed by atoms with Gasteiger partial charge in [0.2, 0.25) is 0 Å². The molecule has 2 nitrogen and oxygen atoms in total. The minimum absolute atomic E-state index is 0.00392. The van der Waals surface area contributed by atoms with Gasteiger partial charge in [0.1, 0.15) is 0 Å². The van der Waals surface area contributed by atoms with Gasteiger partial charge in [-0.25, -0.2) is 0 Å². The number of nitrogens with zero attached hydrogens (tertiary/aromatic N) is 1. The van der Waals surface area contributed by atoms with E-state index in [4.69, 9.17) is 0 Å². The average Bonchev–Trinajstić information content (AvgIpc) is 2.19. The van der Waals surface area contributed by atoms with Crippen LogP contribution in [0.5, 0.6) is 0 Å². The first-order valence-corrected chi connectivity index (χ1v) is 7.64. The van der Waals surface area contributed by atoms with Crippen molar-refractivity contribution in [1.82, 2.24) is 4.57 Å². The molecule has 0 spiro atoms. The fraction of sp³-hybridized carbons (Fsp3) is 0.583. The number of aromatic nitrogens is 1. The maximum Gasteiger partial charge on any atom is 0.264 e. The number of halogens is 2. The molecule has 0 saturated heterocycles. The molecule has 1 aromatic heterocycles. The van der Waals surface area contributed by atoms with Crippen molar-refractivity contribution in [2.24, 2.45) is 11.3 Å². The van der Waals surface area contributed by atoms with Crippen LogP contribution in [-0.4, -0.2) is 10.3 Å². The number of hydrogen-bond donors (Lipinski definition) is 1. The lowest BCUT2D eigenvalue weighted by atomic mass is 9.82. The molecule has 5 heteroatoms. The van der Waals surface area contributed by atoms with E-state index in [1.165, 1.54) is 0 Å². The Balaban J connectivity index is 3.06. The fourth-order valence-corrected chi connectivity index (χ4v) is 3.46. The zero-order chi connectivity index (χ0) is 13.2. The van der Waals surface area contributed by atoms with Gasteiger partial charge in [-0.05, 0) is 55.0 Å². The summed E-state index contributed by atoms with van der Waals surface area (Å²) in [5.74, 6) is 1.12. The predicted molar refractivity (Wildman–Crippen MR) is 82.9 cm³/mol. The van der Waals surface area contributed by atoms with Crippen LogP contribution in [0.2, 0.25) is 0 Å². The van der Waals surface area contributed by atoms with Crippen LogP contribution in [0, 0.1) is 11.3 Å². The van der Waals surface area contributed by atoms with Gasteiger partial charge in [-0.1, -0.05) is 20.8 Å². The third kappa shape index (κ3) is 4.14. The maximum absolute atomic E-state index is 12.0. The highest BCUT2D eigenvalue weighted by Crippen LogP contribution is 2.28. The molecule has 17 heavy (non-hydrogen) atoms. The molecule has 0 saturated carbocycles. The summed E-state index contributed by atoms with van der Waals surface area (Å²) < 4.78 is 3.22. The quantitative estimate of drug-likeness (QED) is 0.785. The van der Waals surface area contributed by atoms with Crippen LogP contribution in [0.15, 0.2) is 26.0 Å². The third-order valence-electron chi connectivity index (χ3n) is 2.87. The summed E-state index contributed by atoms with van der Waals surface area (Å²) in [6.45, 7) is 7.20. The molecule has 1 heterocycles. The summed E-state index contributed by atoms with van der Waals surface area (Å²) in [7, 11) is 0. The van der Waals surface area contributed by atoms with Crippen molar-refractivity contribution in [2.45, 2.75) is 27.3 Å². The molecule has 0 aliphatic rings. The first-order valence-electron chi connectivity index (χ1n) is 5.42. The Hall–Kier alpha value is 0.260. The third-order valence-corrected chi connectivity index (χ3v) is 4.31. The van der Waals surface area contributed by atoms with Gasteiger partial charge in [-0.15, -0.1) is 0 Å². The van der Waals surface area contributed by atoms with Gasteiger partial charge in [0.15, 0.2) is 0 Å². The molecule has 0 N–H and O–H groups in total. The van der Waals surface area contributed by atoms with Crippen molar-refractivity contribution in [2.75, 3.05) is 5.75 Å². The zero-order valence-electron chi connectivity index (χ0n) is 10.2. The van der Waals surface area contributed by atoms with Crippen molar-refractivity contribution < 1.29 is 0 Å². The highest BCUT2D eigenvalue weighted by atomic mass is 79.9. The normalized spacial score (nSPS) is 13.8. The smallest absolute Gasteiger partial charge is 0.264 e. The summed E-state index contributed by atoms with van der Waals surface area (Å²) in [6, 6.07) is 1.77. The monoisotopic (exact) mass is 381 g/mol. The van der Waals surface area contributed by atoms with E-state index in [-0.39, 0.29) is 11.0 Å². The van der Waals surface area contributed by atoms with Gasteiger partial charge in [0, 0.05) is 17.2 Å². The predicted octanol–water partition coefficient (Wildman–Crippen LogP) is 3.97. The molecule has 1 rings (SSSR count). The Bertz CT molecular complexity index is 451. The average molecular weight is 383 g/mol. The molecule has 1 atom stereocenters. The van der Waals surface area contributed by atoms with Gasteiger partial charge in [-0.2, -0.15) is 12.6 Å². The Labute approximate surface area is 124 Å². The zero-order valence-corrected chi connectivity index (χ0v) is 14.3. The van der Waals surface area contributed by atoms with Gasteiger partial charge >= 0.3 is 0 Å².